The van der Waals surface area contributed by atoms with Crippen molar-refractivity contribution in [3.8, 4) is 0 Å². The SMILES string of the molecule is COC(=O)/C=C/c1occc1C(=O)OC(C)C. The summed E-state index contributed by atoms with van der Waals surface area (Å²) in [5.74, 6) is -0.746. The Labute approximate surface area is 99.0 Å². The average molecular weight is 238 g/mol. The van der Waals surface area contributed by atoms with E-state index in [-0.39, 0.29) is 17.4 Å². The molecule has 0 fully saturated rings. The molecule has 0 unspecified atom stereocenters. The third-order valence-corrected chi connectivity index (χ3v) is 1.83. The number of esters is 2. The van der Waals surface area contributed by atoms with Crippen molar-refractivity contribution < 1.29 is 23.5 Å². The van der Waals surface area contributed by atoms with Gasteiger partial charge in [0.05, 0.1) is 19.5 Å². The lowest BCUT2D eigenvalue weighted by Gasteiger charge is -2.06. The van der Waals surface area contributed by atoms with Gasteiger partial charge in [-0.1, -0.05) is 0 Å². The van der Waals surface area contributed by atoms with E-state index < -0.39 is 11.9 Å². The van der Waals surface area contributed by atoms with Crippen molar-refractivity contribution in [2.45, 2.75) is 20.0 Å². The predicted molar refractivity (Wildman–Crippen MR) is 60.3 cm³/mol. The highest BCUT2D eigenvalue weighted by atomic mass is 16.5. The summed E-state index contributed by atoms with van der Waals surface area (Å²) in [6, 6.07) is 1.49. The molecule has 5 heteroatoms. The van der Waals surface area contributed by atoms with E-state index in [1.807, 2.05) is 0 Å². The monoisotopic (exact) mass is 238 g/mol. The van der Waals surface area contributed by atoms with Crippen LogP contribution in [-0.2, 0) is 14.3 Å². The van der Waals surface area contributed by atoms with Crippen LogP contribution in [-0.4, -0.2) is 25.2 Å². The van der Waals surface area contributed by atoms with Gasteiger partial charge >= 0.3 is 11.9 Å². The van der Waals surface area contributed by atoms with Gasteiger partial charge in [-0.25, -0.2) is 9.59 Å². The Morgan fingerprint density at radius 1 is 1.41 bits per heavy atom. The zero-order valence-electron chi connectivity index (χ0n) is 9.93. The highest BCUT2D eigenvalue weighted by Gasteiger charge is 2.15. The molecular formula is C12H14O5. The molecule has 1 rings (SSSR count). The standard InChI is InChI=1S/C12H14O5/c1-8(2)17-12(14)9-6-7-16-10(9)4-5-11(13)15-3/h4-8H,1-3H3/b5-4+. The topological polar surface area (TPSA) is 65.7 Å². The molecule has 0 spiro atoms. The van der Waals surface area contributed by atoms with Crippen LogP contribution in [0.15, 0.2) is 22.8 Å². The van der Waals surface area contributed by atoms with Gasteiger partial charge in [0, 0.05) is 6.08 Å². The van der Waals surface area contributed by atoms with Crippen LogP contribution >= 0.6 is 0 Å². The van der Waals surface area contributed by atoms with Crippen LogP contribution in [0.5, 0.6) is 0 Å². The number of hydrogen-bond acceptors (Lipinski definition) is 5. The van der Waals surface area contributed by atoms with Gasteiger partial charge in [-0.3, -0.25) is 0 Å². The smallest absolute Gasteiger partial charge is 0.342 e. The molecule has 0 radical (unpaired) electrons. The van der Waals surface area contributed by atoms with Gasteiger partial charge < -0.3 is 13.9 Å². The minimum Gasteiger partial charge on any atom is -0.466 e. The van der Waals surface area contributed by atoms with Crippen LogP contribution in [0.4, 0.5) is 0 Å². The zero-order valence-corrected chi connectivity index (χ0v) is 9.93. The van der Waals surface area contributed by atoms with Crippen LogP contribution in [0, 0.1) is 0 Å². The molecule has 0 aliphatic carbocycles. The molecule has 0 bridgehead atoms. The molecule has 92 valence electrons. The van der Waals surface area contributed by atoms with E-state index in [1.165, 1.54) is 31.6 Å². The van der Waals surface area contributed by atoms with Gasteiger partial charge in [0.2, 0.25) is 0 Å². The van der Waals surface area contributed by atoms with Crippen molar-refractivity contribution >= 4 is 18.0 Å². The van der Waals surface area contributed by atoms with Crippen LogP contribution in [0.2, 0.25) is 0 Å². The fourth-order valence-electron chi connectivity index (χ4n) is 1.11. The molecule has 0 N–H and O–H groups in total. The summed E-state index contributed by atoms with van der Waals surface area (Å²) in [7, 11) is 1.27. The summed E-state index contributed by atoms with van der Waals surface area (Å²) in [5, 5.41) is 0. The number of carbonyl (C=O) groups is 2. The van der Waals surface area contributed by atoms with Crippen molar-refractivity contribution in [3.63, 3.8) is 0 Å². The molecule has 0 aliphatic rings. The summed E-state index contributed by atoms with van der Waals surface area (Å²) < 4.78 is 14.5. The summed E-state index contributed by atoms with van der Waals surface area (Å²) in [6.45, 7) is 3.50. The molecule has 1 heterocycles. The minimum atomic E-state index is -0.524. The number of hydrogen-bond donors (Lipinski definition) is 0. The summed E-state index contributed by atoms with van der Waals surface area (Å²) >= 11 is 0. The van der Waals surface area contributed by atoms with Gasteiger partial charge in [-0.15, -0.1) is 0 Å². The Hall–Kier alpha value is -2.04. The largest absolute Gasteiger partial charge is 0.466 e. The number of methoxy groups -OCH3 is 1. The Morgan fingerprint density at radius 3 is 2.71 bits per heavy atom. The van der Waals surface area contributed by atoms with Gasteiger partial charge in [0.25, 0.3) is 0 Å². The Bertz CT molecular complexity index is 428. The fraction of sp³-hybridized carbons (Fsp3) is 0.333. The molecule has 0 aliphatic heterocycles. The van der Waals surface area contributed by atoms with Gasteiger partial charge in [0.15, 0.2) is 0 Å². The maximum Gasteiger partial charge on any atom is 0.342 e. The molecule has 0 amide bonds. The minimum absolute atomic E-state index is 0.213. The highest BCUT2D eigenvalue weighted by molar-refractivity contribution is 5.94. The van der Waals surface area contributed by atoms with Crippen molar-refractivity contribution in [1.82, 2.24) is 0 Å². The maximum atomic E-state index is 11.6. The predicted octanol–water partition coefficient (Wildman–Crippen LogP) is 2.03. The molecule has 0 atom stereocenters. The molecule has 0 aromatic carbocycles. The molecular weight excluding hydrogens is 224 g/mol. The molecule has 1 aromatic rings. The quantitative estimate of drug-likeness (QED) is 0.593. The van der Waals surface area contributed by atoms with Gasteiger partial charge in [-0.05, 0) is 26.0 Å². The number of carbonyl (C=O) groups excluding carboxylic acids is 2. The van der Waals surface area contributed by atoms with Crippen molar-refractivity contribution in [1.29, 1.82) is 0 Å². The van der Waals surface area contributed by atoms with Crippen molar-refractivity contribution in [2.24, 2.45) is 0 Å². The third-order valence-electron chi connectivity index (χ3n) is 1.83. The second-order valence-corrected chi connectivity index (χ2v) is 3.51. The van der Waals surface area contributed by atoms with E-state index in [2.05, 4.69) is 4.74 Å². The Morgan fingerprint density at radius 2 is 2.12 bits per heavy atom. The number of rotatable bonds is 4. The zero-order chi connectivity index (χ0) is 12.8. The second-order valence-electron chi connectivity index (χ2n) is 3.51. The van der Waals surface area contributed by atoms with E-state index in [1.54, 1.807) is 13.8 Å². The summed E-state index contributed by atoms with van der Waals surface area (Å²) in [4.78, 5) is 22.5. The highest BCUT2D eigenvalue weighted by Crippen LogP contribution is 2.14. The van der Waals surface area contributed by atoms with Gasteiger partial charge in [-0.2, -0.15) is 0 Å². The van der Waals surface area contributed by atoms with Crippen LogP contribution in [0.1, 0.15) is 30.0 Å². The first kappa shape index (κ1) is 13.0. The third kappa shape index (κ3) is 3.79. The lowest BCUT2D eigenvalue weighted by molar-refractivity contribution is -0.134. The lowest BCUT2D eigenvalue weighted by atomic mass is 10.2. The molecule has 17 heavy (non-hydrogen) atoms. The van der Waals surface area contributed by atoms with E-state index >= 15 is 0 Å². The maximum absolute atomic E-state index is 11.6. The summed E-state index contributed by atoms with van der Waals surface area (Å²) in [6.07, 6.45) is 3.68. The lowest BCUT2D eigenvalue weighted by Crippen LogP contribution is -2.11. The molecule has 5 nitrogen and oxygen atoms in total. The van der Waals surface area contributed by atoms with Gasteiger partial charge in [0.1, 0.15) is 11.3 Å². The van der Waals surface area contributed by atoms with Crippen LogP contribution < -0.4 is 0 Å². The first-order chi connectivity index (χ1) is 8.04. The Kier molecular flexibility index (Phi) is 4.51. The van der Waals surface area contributed by atoms with Crippen LogP contribution in [0.25, 0.3) is 6.08 Å². The van der Waals surface area contributed by atoms with E-state index in [0.717, 1.165) is 0 Å². The van der Waals surface area contributed by atoms with E-state index in [4.69, 9.17) is 9.15 Å². The van der Waals surface area contributed by atoms with Crippen molar-refractivity contribution in [2.75, 3.05) is 7.11 Å². The fourth-order valence-corrected chi connectivity index (χ4v) is 1.11. The average Bonchev–Trinajstić information content (AvgIpc) is 2.73. The molecule has 1 aromatic heterocycles. The number of furan rings is 1. The first-order valence-electron chi connectivity index (χ1n) is 5.09. The van der Waals surface area contributed by atoms with Crippen LogP contribution in [0.3, 0.4) is 0 Å². The van der Waals surface area contributed by atoms with E-state index in [0.29, 0.717) is 0 Å². The Balaban J connectivity index is 2.82. The first-order valence-corrected chi connectivity index (χ1v) is 5.09. The second kappa shape index (κ2) is 5.89. The van der Waals surface area contributed by atoms with Crippen molar-refractivity contribution in [3.05, 3.63) is 29.7 Å². The van der Waals surface area contributed by atoms with E-state index in [9.17, 15) is 9.59 Å². The molecule has 0 saturated heterocycles. The molecule has 0 saturated carbocycles. The number of ether oxygens (including phenoxy) is 2. The normalized spacial score (nSPS) is 10.8. The summed E-state index contributed by atoms with van der Waals surface area (Å²) in [5.41, 5.74) is 0.277.